The zero-order chi connectivity index (χ0) is 68.2. The van der Waals surface area contributed by atoms with Gasteiger partial charge in [-0.3, -0.25) is 37.3 Å². The minimum Gasteiger partial charge on any atom is -0.462 e. The van der Waals surface area contributed by atoms with Gasteiger partial charge in [-0.25, -0.2) is 9.13 Å². The number of phosphoric ester groups is 2. The summed E-state index contributed by atoms with van der Waals surface area (Å²) in [6.07, 6.45) is 46.3. The van der Waals surface area contributed by atoms with Gasteiger partial charge in [0.25, 0.3) is 0 Å². The van der Waals surface area contributed by atoms with Crippen molar-refractivity contribution < 1.29 is 80.2 Å². The minimum absolute atomic E-state index is 0.103. The van der Waals surface area contributed by atoms with Crippen molar-refractivity contribution in [3.8, 4) is 0 Å². The average molecular weight is 1350 g/mol. The molecule has 17 nitrogen and oxygen atoms in total. The fourth-order valence-corrected chi connectivity index (χ4v) is 12.6. The van der Waals surface area contributed by atoms with E-state index in [4.69, 9.17) is 37.0 Å². The quantitative estimate of drug-likeness (QED) is 0.0222. The number of aliphatic hydroxyl groups excluding tert-OH is 1. The van der Waals surface area contributed by atoms with Crippen LogP contribution in [0.4, 0.5) is 0 Å². The van der Waals surface area contributed by atoms with Gasteiger partial charge in [0.2, 0.25) is 0 Å². The Kier molecular flexibility index (Phi) is 61.3. The number of unbranched alkanes of at least 4 members (excludes halogenated alkanes) is 36. The van der Waals surface area contributed by atoms with E-state index >= 15 is 0 Å². The summed E-state index contributed by atoms with van der Waals surface area (Å²) >= 11 is 0. The van der Waals surface area contributed by atoms with Gasteiger partial charge in [-0.2, -0.15) is 0 Å². The molecule has 0 aromatic carbocycles. The van der Waals surface area contributed by atoms with Gasteiger partial charge in [-0.1, -0.05) is 312 Å². The highest BCUT2D eigenvalue weighted by molar-refractivity contribution is 7.47. The highest BCUT2D eigenvalue weighted by Crippen LogP contribution is 2.45. The molecule has 0 radical (unpaired) electrons. The normalized spacial score (nSPS) is 14.2. The molecular weight excluding hydrogens is 1210 g/mol. The van der Waals surface area contributed by atoms with Gasteiger partial charge in [-0.05, 0) is 49.4 Å². The van der Waals surface area contributed by atoms with Crippen molar-refractivity contribution in [2.75, 3.05) is 39.6 Å². The van der Waals surface area contributed by atoms with Gasteiger partial charge in [0, 0.05) is 25.7 Å². The molecule has 0 aromatic heterocycles. The Hall–Kier alpha value is -1.94. The molecule has 0 aromatic rings. The Morgan fingerprint density at radius 2 is 0.457 bits per heavy atom. The summed E-state index contributed by atoms with van der Waals surface area (Å²) in [5.74, 6) is 0.808. The molecule has 3 N–H and O–H groups in total. The molecule has 5 atom stereocenters. The molecule has 0 aliphatic carbocycles. The van der Waals surface area contributed by atoms with Crippen LogP contribution in [0.3, 0.4) is 0 Å². The van der Waals surface area contributed by atoms with Gasteiger partial charge in [0.15, 0.2) is 12.2 Å². The maximum Gasteiger partial charge on any atom is 0.472 e. The lowest BCUT2D eigenvalue weighted by atomic mass is 10.0. The number of ether oxygens (including phenoxy) is 4. The van der Waals surface area contributed by atoms with Crippen molar-refractivity contribution in [2.24, 2.45) is 23.7 Å². The van der Waals surface area contributed by atoms with Gasteiger partial charge >= 0.3 is 39.5 Å². The van der Waals surface area contributed by atoms with E-state index in [1.54, 1.807) is 0 Å². The van der Waals surface area contributed by atoms with Gasteiger partial charge in [0.05, 0.1) is 26.4 Å². The van der Waals surface area contributed by atoms with E-state index in [2.05, 4.69) is 55.4 Å². The molecule has 0 spiro atoms. The van der Waals surface area contributed by atoms with Crippen molar-refractivity contribution in [2.45, 2.75) is 382 Å². The van der Waals surface area contributed by atoms with Crippen molar-refractivity contribution in [3.05, 3.63) is 0 Å². The van der Waals surface area contributed by atoms with E-state index in [1.807, 2.05) is 0 Å². The van der Waals surface area contributed by atoms with Crippen LogP contribution in [-0.2, 0) is 65.4 Å². The number of hydrogen-bond donors (Lipinski definition) is 3. The lowest BCUT2D eigenvalue weighted by molar-refractivity contribution is -0.161. The van der Waals surface area contributed by atoms with Gasteiger partial charge in [0.1, 0.15) is 19.3 Å². The predicted molar refractivity (Wildman–Crippen MR) is 372 cm³/mol. The molecule has 92 heavy (non-hydrogen) atoms. The zero-order valence-electron chi connectivity index (χ0n) is 60.2. The predicted octanol–water partition coefficient (Wildman–Crippen LogP) is 20.9. The molecule has 546 valence electrons. The van der Waals surface area contributed by atoms with Gasteiger partial charge in [-0.15, -0.1) is 0 Å². The molecule has 0 fully saturated rings. The maximum absolute atomic E-state index is 13.0. The Bertz CT molecular complexity index is 1820. The molecule has 0 aliphatic heterocycles. The van der Waals surface area contributed by atoms with E-state index in [-0.39, 0.29) is 25.7 Å². The number of rotatable bonds is 70. The van der Waals surface area contributed by atoms with Crippen LogP contribution in [0.25, 0.3) is 0 Å². The van der Waals surface area contributed by atoms with Crippen molar-refractivity contribution in [1.82, 2.24) is 0 Å². The second kappa shape index (κ2) is 62.6. The molecule has 0 heterocycles. The van der Waals surface area contributed by atoms with E-state index in [9.17, 15) is 43.2 Å². The molecule has 0 rings (SSSR count). The first-order valence-electron chi connectivity index (χ1n) is 37.7. The van der Waals surface area contributed by atoms with Gasteiger partial charge < -0.3 is 33.8 Å². The monoisotopic (exact) mass is 1350 g/mol. The topological polar surface area (TPSA) is 237 Å². The largest absolute Gasteiger partial charge is 0.472 e. The number of esters is 4. The lowest BCUT2D eigenvalue weighted by Crippen LogP contribution is -2.30. The summed E-state index contributed by atoms with van der Waals surface area (Å²) in [6, 6.07) is 0. The fraction of sp³-hybridized carbons (Fsp3) is 0.945. The molecule has 2 unspecified atom stereocenters. The number of phosphoric acid groups is 2. The number of aliphatic hydroxyl groups is 1. The van der Waals surface area contributed by atoms with Crippen LogP contribution in [0.5, 0.6) is 0 Å². The first-order chi connectivity index (χ1) is 44.1. The highest BCUT2D eigenvalue weighted by atomic mass is 31.2. The van der Waals surface area contributed by atoms with Crippen LogP contribution < -0.4 is 0 Å². The Morgan fingerprint density at radius 3 is 0.674 bits per heavy atom. The first kappa shape index (κ1) is 90.1. The summed E-state index contributed by atoms with van der Waals surface area (Å²) in [4.78, 5) is 72.5. The maximum atomic E-state index is 13.0. The smallest absolute Gasteiger partial charge is 0.462 e. The van der Waals surface area contributed by atoms with E-state index < -0.39 is 97.5 Å². The van der Waals surface area contributed by atoms with E-state index in [0.717, 1.165) is 114 Å². The molecule has 0 aliphatic rings. The molecule has 0 saturated carbocycles. The second-order valence-corrected chi connectivity index (χ2v) is 31.1. The summed E-state index contributed by atoms with van der Waals surface area (Å²) in [5, 5.41) is 10.6. The Labute approximate surface area is 562 Å². The standard InChI is InChI=1S/C73H142O17P2/c1-63(2)49-41-33-25-19-17-15-13-11-9-10-12-14-16-18-20-28-37-45-53-70(75)83-59-68(89-72(77)55-47-39-29-23-21-26-34-42-50-64(3)4)61-87-91(79,80)85-57-67(74)58-86-92(81,82)88-62-69(60-84-71(76)54-46-38-32-31-36-44-52-66(7)8)90-73(78)56-48-40-30-24-22-27-35-43-51-65(5)6/h63-69,74H,9-62H2,1-8H3,(H,79,80)(H,81,82)/t67-,68-,69-/m1/s1. The molecular formula is C73H142O17P2. The molecule has 0 bridgehead atoms. The third-order valence-electron chi connectivity index (χ3n) is 16.8. The van der Waals surface area contributed by atoms with E-state index in [0.29, 0.717) is 31.6 Å². The van der Waals surface area contributed by atoms with Crippen molar-refractivity contribution >= 4 is 39.5 Å². The number of carbonyl (C=O) groups is 4. The minimum atomic E-state index is -4.95. The first-order valence-corrected chi connectivity index (χ1v) is 40.7. The summed E-state index contributed by atoms with van der Waals surface area (Å²) in [5.41, 5.74) is 0. The van der Waals surface area contributed by atoms with Crippen LogP contribution in [0.2, 0.25) is 0 Å². The van der Waals surface area contributed by atoms with E-state index in [1.165, 1.54) is 161 Å². The number of hydrogen-bond acceptors (Lipinski definition) is 15. The summed E-state index contributed by atoms with van der Waals surface area (Å²) in [6.45, 7) is 14.0. The fourth-order valence-electron chi connectivity index (χ4n) is 11.0. The molecule has 19 heteroatoms. The third kappa shape index (κ3) is 66.7. The van der Waals surface area contributed by atoms with Crippen molar-refractivity contribution in [3.63, 3.8) is 0 Å². The van der Waals surface area contributed by atoms with Crippen LogP contribution in [0.1, 0.15) is 364 Å². The SMILES string of the molecule is CC(C)CCCCCCCCCCCCCCCCCCCCC(=O)OC[C@H](COP(=O)(O)OC[C@@H](O)COP(=O)(O)OC[C@@H](COC(=O)CCCCCCCCC(C)C)OC(=O)CCCCCCCCCCC(C)C)OC(=O)CCCCCCCCCCC(C)C. The van der Waals surface area contributed by atoms with Crippen LogP contribution in [0, 0.1) is 23.7 Å². The van der Waals surface area contributed by atoms with Crippen LogP contribution in [0.15, 0.2) is 0 Å². The third-order valence-corrected chi connectivity index (χ3v) is 18.7. The second-order valence-electron chi connectivity index (χ2n) is 28.2. The van der Waals surface area contributed by atoms with Crippen LogP contribution in [-0.4, -0.2) is 96.7 Å². The van der Waals surface area contributed by atoms with Crippen LogP contribution >= 0.6 is 15.6 Å². The summed E-state index contributed by atoms with van der Waals surface area (Å²) < 4.78 is 68.3. The molecule has 0 amide bonds. The Balaban J connectivity index is 5.14. The summed E-state index contributed by atoms with van der Waals surface area (Å²) in [7, 11) is -9.90. The Morgan fingerprint density at radius 1 is 0.272 bits per heavy atom. The lowest BCUT2D eigenvalue weighted by Gasteiger charge is -2.21. The van der Waals surface area contributed by atoms with Crippen molar-refractivity contribution in [1.29, 1.82) is 0 Å². The highest BCUT2D eigenvalue weighted by Gasteiger charge is 2.30. The molecule has 0 saturated heterocycles. The average Bonchev–Trinajstić information content (AvgIpc) is 2.06. The zero-order valence-corrected chi connectivity index (χ0v) is 62.0. The number of carbonyl (C=O) groups excluding carboxylic acids is 4.